The van der Waals surface area contributed by atoms with Crippen LogP contribution < -0.4 is 0 Å². The second kappa shape index (κ2) is 4.13. The first-order valence-corrected chi connectivity index (χ1v) is 5.74. The van der Waals surface area contributed by atoms with Crippen LogP contribution in [0.1, 0.15) is 35.2 Å². The third kappa shape index (κ3) is 1.75. The van der Waals surface area contributed by atoms with Crippen LogP contribution in [-0.2, 0) is 0 Å². The molecule has 4 nitrogen and oxygen atoms in total. The van der Waals surface area contributed by atoms with Gasteiger partial charge in [0.2, 0.25) is 0 Å². The summed E-state index contributed by atoms with van der Waals surface area (Å²) in [6.07, 6.45) is 5.10. The van der Waals surface area contributed by atoms with Gasteiger partial charge in [0, 0.05) is 6.54 Å². The van der Waals surface area contributed by atoms with Crippen LogP contribution in [0.2, 0.25) is 0 Å². The lowest BCUT2D eigenvalue weighted by Gasteiger charge is -2.21. The number of amides is 1. The zero-order valence-corrected chi connectivity index (χ0v) is 9.33. The van der Waals surface area contributed by atoms with Crippen LogP contribution in [0.25, 0.3) is 0 Å². The molecular weight excluding hydrogens is 218 g/mol. The molecule has 0 radical (unpaired) electrons. The summed E-state index contributed by atoms with van der Waals surface area (Å²) in [5, 5.41) is 0. The maximum absolute atomic E-state index is 12.2. The Morgan fingerprint density at radius 3 is 2.76 bits per heavy atom. The van der Waals surface area contributed by atoms with E-state index in [4.69, 9.17) is 8.83 Å². The third-order valence-electron chi connectivity index (χ3n) is 3.12. The normalized spacial score (nSPS) is 19.8. The van der Waals surface area contributed by atoms with Crippen LogP contribution in [-0.4, -0.2) is 17.4 Å². The molecule has 1 amide bonds. The molecule has 1 aliphatic rings. The first-order valence-electron chi connectivity index (χ1n) is 5.74. The Balaban J connectivity index is 1.85. The van der Waals surface area contributed by atoms with Gasteiger partial charge in [-0.1, -0.05) is 0 Å². The predicted octanol–water partition coefficient (Wildman–Crippen LogP) is 2.85. The number of hydrogen-bond acceptors (Lipinski definition) is 3. The van der Waals surface area contributed by atoms with Gasteiger partial charge in [-0.3, -0.25) is 4.79 Å². The number of carbonyl (C=O) groups is 1. The highest BCUT2D eigenvalue weighted by molar-refractivity contribution is 5.91. The van der Waals surface area contributed by atoms with Gasteiger partial charge in [-0.2, -0.15) is 0 Å². The highest BCUT2D eigenvalue weighted by atomic mass is 16.3. The minimum absolute atomic E-state index is 0.0441. The number of likely N-dealkylation sites (tertiary alicyclic amines) is 1. The zero-order valence-electron chi connectivity index (χ0n) is 9.33. The van der Waals surface area contributed by atoms with Crippen molar-refractivity contribution >= 4 is 5.91 Å². The Morgan fingerprint density at radius 2 is 2.06 bits per heavy atom. The van der Waals surface area contributed by atoms with Crippen molar-refractivity contribution < 1.29 is 13.6 Å². The minimum Gasteiger partial charge on any atom is -0.467 e. The van der Waals surface area contributed by atoms with Crippen molar-refractivity contribution in [2.45, 2.75) is 18.9 Å². The highest BCUT2D eigenvalue weighted by Crippen LogP contribution is 2.33. The molecule has 3 heterocycles. The molecule has 1 saturated heterocycles. The van der Waals surface area contributed by atoms with Gasteiger partial charge in [-0.05, 0) is 37.1 Å². The van der Waals surface area contributed by atoms with E-state index in [1.54, 1.807) is 18.4 Å². The van der Waals surface area contributed by atoms with E-state index in [9.17, 15) is 4.79 Å². The third-order valence-corrected chi connectivity index (χ3v) is 3.12. The van der Waals surface area contributed by atoms with Crippen LogP contribution in [0.3, 0.4) is 0 Å². The molecular formula is C13H13NO3. The maximum atomic E-state index is 12.2. The molecule has 0 spiro atoms. The molecule has 88 valence electrons. The Bertz CT molecular complexity index is 487. The summed E-state index contributed by atoms with van der Waals surface area (Å²) in [4.78, 5) is 14.0. The largest absolute Gasteiger partial charge is 0.467 e. The summed E-state index contributed by atoms with van der Waals surface area (Å²) in [5.41, 5.74) is 0. The molecule has 1 aliphatic heterocycles. The van der Waals surface area contributed by atoms with Crippen LogP contribution >= 0.6 is 0 Å². The van der Waals surface area contributed by atoms with E-state index in [0.29, 0.717) is 5.76 Å². The lowest BCUT2D eigenvalue weighted by Crippen LogP contribution is -2.30. The zero-order chi connectivity index (χ0) is 11.7. The monoisotopic (exact) mass is 231 g/mol. The molecule has 3 rings (SSSR count). The van der Waals surface area contributed by atoms with Gasteiger partial charge in [0.05, 0.1) is 18.6 Å². The molecule has 17 heavy (non-hydrogen) atoms. The topological polar surface area (TPSA) is 46.6 Å². The molecule has 2 aromatic heterocycles. The number of nitrogens with zero attached hydrogens (tertiary/aromatic N) is 1. The first-order chi connectivity index (χ1) is 8.36. The Kier molecular flexibility index (Phi) is 2.48. The molecule has 0 saturated carbocycles. The quantitative estimate of drug-likeness (QED) is 0.798. The number of furan rings is 2. The molecule has 1 fully saturated rings. The average Bonchev–Trinajstić information content (AvgIpc) is 3.09. The molecule has 0 aromatic carbocycles. The number of carbonyl (C=O) groups excluding carboxylic acids is 1. The Hall–Kier alpha value is -1.97. The summed E-state index contributed by atoms with van der Waals surface area (Å²) in [6.45, 7) is 0.755. The second-order valence-electron chi connectivity index (χ2n) is 4.15. The summed E-state index contributed by atoms with van der Waals surface area (Å²) in [6, 6.07) is 7.23. The van der Waals surface area contributed by atoms with E-state index < -0.39 is 0 Å². The van der Waals surface area contributed by atoms with E-state index in [1.165, 1.54) is 6.26 Å². The van der Waals surface area contributed by atoms with Gasteiger partial charge in [0.15, 0.2) is 5.76 Å². The average molecular weight is 231 g/mol. The molecule has 0 N–H and O–H groups in total. The van der Waals surface area contributed by atoms with Crippen molar-refractivity contribution in [3.63, 3.8) is 0 Å². The van der Waals surface area contributed by atoms with Crippen molar-refractivity contribution in [2.24, 2.45) is 0 Å². The molecule has 1 atom stereocenters. The highest BCUT2D eigenvalue weighted by Gasteiger charge is 2.33. The van der Waals surface area contributed by atoms with Crippen LogP contribution in [0, 0.1) is 0 Å². The van der Waals surface area contributed by atoms with Crippen LogP contribution in [0.4, 0.5) is 0 Å². The van der Waals surface area contributed by atoms with Gasteiger partial charge in [0.25, 0.3) is 5.91 Å². The molecule has 0 bridgehead atoms. The number of hydrogen-bond donors (Lipinski definition) is 0. The predicted molar refractivity (Wildman–Crippen MR) is 60.4 cm³/mol. The maximum Gasteiger partial charge on any atom is 0.290 e. The summed E-state index contributed by atoms with van der Waals surface area (Å²) < 4.78 is 10.5. The summed E-state index contributed by atoms with van der Waals surface area (Å²) >= 11 is 0. The van der Waals surface area contributed by atoms with E-state index >= 15 is 0 Å². The van der Waals surface area contributed by atoms with Gasteiger partial charge >= 0.3 is 0 Å². The van der Waals surface area contributed by atoms with Crippen LogP contribution in [0.5, 0.6) is 0 Å². The summed E-state index contributed by atoms with van der Waals surface area (Å²) in [7, 11) is 0. The SMILES string of the molecule is O=C(c1ccco1)N1CCC[C@H]1c1ccco1. The Morgan fingerprint density at radius 1 is 1.24 bits per heavy atom. The van der Waals surface area contributed by atoms with Gasteiger partial charge < -0.3 is 13.7 Å². The lowest BCUT2D eigenvalue weighted by molar-refractivity contribution is 0.0687. The van der Waals surface area contributed by atoms with Gasteiger partial charge in [0.1, 0.15) is 5.76 Å². The molecule has 2 aromatic rings. The fraction of sp³-hybridized carbons (Fsp3) is 0.308. The van der Waals surface area contributed by atoms with Crippen molar-refractivity contribution in [1.29, 1.82) is 0 Å². The van der Waals surface area contributed by atoms with Gasteiger partial charge in [-0.25, -0.2) is 0 Å². The van der Waals surface area contributed by atoms with Crippen molar-refractivity contribution in [3.8, 4) is 0 Å². The Labute approximate surface area is 98.8 Å². The number of rotatable bonds is 2. The van der Waals surface area contributed by atoms with E-state index in [2.05, 4.69) is 0 Å². The van der Waals surface area contributed by atoms with E-state index in [1.807, 2.05) is 17.0 Å². The molecule has 0 aliphatic carbocycles. The van der Waals surface area contributed by atoms with Crippen molar-refractivity contribution in [1.82, 2.24) is 4.90 Å². The fourth-order valence-corrected chi connectivity index (χ4v) is 2.33. The van der Waals surface area contributed by atoms with Crippen molar-refractivity contribution in [3.05, 3.63) is 48.3 Å². The standard InChI is InChI=1S/C13H13NO3/c15-13(12-6-3-9-17-12)14-7-1-4-10(14)11-5-2-8-16-11/h2-3,5-6,8-10H,1,4,7H2/t10-/m0/s1. The van der Waals surface area contributed by atoms with Gasteiger partial charge in [-0.15, -0.1) is 0 Å². The van der Waals surface area contributed by atoms with E-state index in [-0.39, 0.29) is 11.9 Å². The molecule has 0 unspecified atom stereocenters. The van der Waals surface area contributed by atoms with Crippen molar-refractivity contribution in [2.75, 3.05) is 6.54 Å². The minimum atomic E-state index is -0.0612. The fourth-order valence-electron chi connectivity index (χ4n) is 2.33. The summed E-state index contributed by atoms with van der Waals surface area (Å²) in [5.74, 6) is 1.18. The van der Waals surface area contributed by atoms with E-state index in [0.717, 1.165) is 25.1 Å². The lowest BCUT2D eigenvalue weighted by atomic mass is 10.1. The second-order valence-corrected chi connectivity index (χ2v) is 4.15. The smallest absolute Gasteiger partial charge is 0.290 e. The van der Waals surface area contributed by atoms with Crippen LogP contribution in [0.15, 0.2) is 45.6 Å². The molecule has 4 heteroatoms. The first kappa shape index (κ1) is 10.2.